The van der Waals surface area contributed by atoms with E-state index in [1.807, 2.05) is 53.4 Å². The summed E-state index contributed by atoms with van der Waals surface area (Å²) in [7, 11) is 0. The highest BCUT2D eigenvalue weighted by atomic mass is 16.7. The molecule has 1 aliphatic carbocycles. The van der Waals surface area contributed by atoms with Gasteiger partial charge in [0, 0.05) is 33.1 Å². The number of ether oxygens (including phenoxy) is 2. The van der Waals surface area contributed by atoms with E-state index in [-0.39, 0.29) is 26.5 Å². The van der Waals surface area contributed by atoms with Gasteiger partial charge in [-0.15, -0.1) is 0 Å². The van der Waals surface area contributed by atoms with Gasteiger partial charge in [0.15, 0.2) is 11.5 Å². The van der Waals surface area contributed by atoms with E-state index in [0.29, 0.717) is 31.0 Å². The van der Waals surface area contributed by atoms with Gasteiger partial charge in [-0.1, -0.05) is 36.4 Å². The van der Waals surface area contributed by atoms with Crippen LogP contribution in [0.15, 0.2) is 60.7 Å². The molecule has 0 unspecified atom stereocenters. The zero-order valence-corrected chi connectivity index (χ0v) is 21.7. The normalized spacial score (nSPS) is 17.9. The first-order valence-corrected chi connectivity index (χ1v) is 13.5. The Morgan fingerprint density at radius 3 is 2.42 bits per heavy atom. The van der Waals surface area contributed by atoms with Crippen molar-refractivity contribution < 1.29 is 25.6 Å². The number of hydrogen-bond donors (Lipinski definition) is 1. The van der Waals surface area contributed by atoms with Crippen molar-refractivity contribution in [2.75, 3.05) is 26.5 Å². The summed E-state index contributed by atoms with van der Waals surface area (Å²) >= 11 is 0. The number of likely N-dealkylation sites (tertiary alicyclic amines) is 1. The second-order valence-electron chi connectivity index (χ2n) is 10.9. The number of benzene rings is 3. The molecular formula is C32H35NO5. The van der Waals surface area contributed by atoms with Gasteiger partial charge in [0.1, 0.15) is 5.78 Å². The number of aryl methyl sites for hydroxylation is 1. The van der Waals surface area contributed by atoms with Crippen molar-refractivity contribution in [1.82, 2.24) is 4.90 Å². The number of Topliss-reactive ketones (excluding diaryl/α,β-unsaturated/α-hetero) is 1. The predicted octanol–water partition coefficient (Wildman–Crippen LogP) is 5.32. The molecular weight excluding hydrogens is 478 g/mol. The maximum absolute atomic E-state index is 13.5. The van der Waals surface area contributed by atoms with Crippen molar-refractivity contribution in [3.05, 3.63) is 82.9 Å². The Balaban J connectivity index is 0.00000308. The first-order valence-electron chi connectivity index (χ1n) is 13.5. The Labute approximate surface area is 224 Å². The van der Waals surface area contributed by atoms with Crippen LogP contribution in [0, 0.1) is 12.8 Å². The number of aliphatic hydroxyl groups excluding tert-OH is 1. The predicted molar refractivity (Wildman–Crippen MR) is 147 cm³/mol. The first kappa shape index (κ1) is 24.7. The Kier molecular flexibility index (Phi) is 6.44. The van der Waals surface area contributed by atoms with Gasteiger partial charge in [0.25, 0.3) is 5.91 Å². The third kappa shape index (κ3) is 4.58. The molecule has 1 amide bonds. The molecule has 0 spiro atoms. The number of nitrogens with zero attached hydrogens (tertiary/aromatic N) is 1. The Morgan fingerprint density at radius 2 is 1.71 bits per heavy atom. The van der Waals surface area contributed by atoms with Gasteiger partial charge in [-0.05, 0) is 90.6 Å². The number of ketones is 1. The summed E-state index contributed by atoms with van der Waals surface area (Å²) in [5.41, 5.74) is 5.49. The zero-order valence-electron chi connectivity index (χ0n) is 21.7. The maximum atomic E-state index is 13.5. The summed E-state index contributed by atoms with van der Waals surface area (Å²) in [6.45, 7) is 3.87. The minimum atomic E-state index is -0.431. The summed E-state index contributed by atoms with van der Waals surface area (Å²) in [5, 5.41) is 9.36. The topological polar surface area (TPSA) is 76.1 Å². The highest BCUT2D eigenvalue weighted by Crippen LogP contribution is 2.51. The largest absolute Gasteiger partial charge is 0.454 e. The fourth-order valence-corrected chi connectivity index (χ4v) is 5.79. The van der Waals surface area contributed by atoms with Crippen LogP contribution >= 0.6 is 0 Å². The number of amides is 1. The molecule has 2 heterocycles. The molecule has 198 valence electrons. The number of rotatable bonds is 7. The lowest BCUT2D eigenvalue weighted by Gasteiger charge is -2.31. The number of fused-ring (bicyclic) bond motifs is 1. The zero-order chi connectivity index (χ0) is 26.3. The first-order chi connectivity index (χ1) is 18.5. The molecule has 0 atom stereocenters. The van der Waals surface area contributed by atoms with Gasteiger partial charge >= 0.3 is 0 Å². The molecule has 38 heavy (non-hydrogen) atoms. The molecule has 3 aromatic rings. The third-order valence-corrected chi connectivity index (χ3v) is 8.48. The average molecular weight is 514 g/mol. The van der Waals surface area contributed by atoms with E-state index >= 15 is 0 Å². The number of hydrogen-bond acceptors (Lipinski definition) is 5. The lowest BCUT2D eigenvalue weighted by Crippen LogP contribution is -2.39. The molecule has 1 saturated carbocycles. The van der Waals surface area contributed by atoms with E-state index < -0.39 is 5.41 Å². The average Bonchev–Trinajstić information content (AvgIpc) is 3.64. The molecule has 0 radical (unpaired) electrons. The number of piperidine rings is 1. The summed E-state index contributed by atoms with van der Waals surface area (Å²) in [6.07, 6.45) is 3.79. The smallest absolute Gasteiger partial charge is 0.253 e. The lowest BCUT2D eigenvalue weighted by atomic mass is 9.87. The fraction of sp³-hybridized carbons (Fsp3) is 0.375. The van der Waals surface area contributed by atoms with Crippen molar-refractivity contribution in [3.8, 4) is 22.6 Å². The van der Waals surface area contributed by atoms with Crippen LogP contribution in [0.1, 0.15) is 54.2 Å². The summed E-state index contributed by atoms with van der Waals surface area (Å²) in [5.74, 6) is 2.03. The van der Waals surface area contributed by atoms with Crippen LogP contribution in [0.3, 0.4) is 0 Å². The van der Waals surface area contributed by atoms with Gasteiger partial charge in [-0.2, -0.15) is 0 Å². The fourth-order valence-electron chi connectivity index (χ4n) is 5.79. The van der Waals surface area contributed by atoms with Gasteiger partial charge in [0.2, 0.25) is 6.79 Å². The van der Waals surface area contributed by atoms with Gasteiger partial charge in [0.05, 0.1) is 5.41 Å². The molecule has 3 aliphatic rings. The van der Waals surface area contributed by atoms with E-state index in [2.05, 4.69) is 19.1 Å². The van der Waals surface area contributed by atoms with Crippen LogP contribution in [-0.4, -0.2) is 48.2 Å². The van der Waals surface area contributed by atoms with Crippen LogP contribution in [0.5, 0.6) is 11.5 Å². The highest BCUT2D eigenvalue weighted by molar-refractivity contribution is 5.96. The Hall–Kier alpha value is -3.64. The van der Waals surface area contributed by atoms with Crippen LogP contribution < -0.4 is 9.47 Å². The molecule has 2 fully saturated rings. The summed E-state index contributed by atoms with van der Waals surface area (Å²) in [6, 6.07) is 19.9. The molecule has 6 rings (SSSR count). The Morgan fingerprint density at radius 1 is 0.974 bits per heavy atom. The van der Waals surface area contributed by atoms with E-state index in [0.717, 1.165) is 65.0 Å². The van der Waals surface area contributed by atoms with Crippen molar-refractivity contribution in [3.63, 3.8) is 0 Å². The number of aliphatic hydroxyl groups is 1. The lowest BCUT2D eigenvalue weighted by molar-refractivity contribution is -0.120. The molecule has 0 bridgehead atoms. The van der Waals surface area contributed by atoms with Crippen molar-refractivity contribution >= 4 is 11.7 Å². The summed E-state index contributed by atoms with van der Waals surface area (Å²) in [4.78, 5) is 28.4. The van der Waals surface area contributed by atoms with Gasteiger partial charge in [-0.3, -0.25) is 9.59 Å². The molecule has 3 aromatic carbocycles. The van der Waals surface area contributed by atoms with Crippen molar-refractivity contribution in [2.24, 2.45) is 5.92 Å². The minimum Gasteiger partial charge on any atom is -0.454 e. The second kappa shape index (κ2) is 9.91. The second-order valence-corrected chi connectivity index (χ2v) is 10.9. The molecule has 6 heteroatoms. The molecule has 1 saturated heterocycles. The van der Waals surface area contributed by atoms with E-state index in [4.69, 9.17) is 9.47 Å². The van der Waals surface area contributed by atoms with Crippen LogP contribution in [0.25, 0.3) is 11.1 Å². The summed E-state index contributed by atoms with van der Waals surface area (Å²) < 4.78 is 11.0. The molecule has 1 N–H and O–H groups in total. The van der Waals surface area contributed by atoms with Gasteiger partial charge in [-0.25, -0.2) is 0 Å². The Bertz CT molecular complexity index is 1370. The van der Waals surface area contributed by atoms with Crippen LogP contribution in [0.2, 0.25) is 0 Å². The number of carbonyl (C=O) groups excluding carboxylic acids is 2. The molecule has 2 aliphatic heterocycles. The van der Waals surface area contributed by atoms with E-state index in [9.17, 15) is 14.7 Å². The van der Waals surface area contributed by atoms with Crippen LogP contribution in [-0.2, 0) is 16.6 Å². The monoisotopic (exact) mass is 513 g/mol. The quantitative estimate of drug-likeness (QED) is 0.463. The van der Waals surface area contributed by atoms with Gasteiger partial charge < -0.3 is 19.5 Å². The van der Waals surface area contributed by atoms with Crippen molar-refractivity contribution in [1.29, 1.82) is 0 Å². The molecule has 6 nitrogen and oxygen atoms in total. The highest BCUT2D eigenvalue weighted by Gasteiger charge is 2.50. The van der Waals surface area contributed by atoms with Crippen LogP contribution in [0.4, 0.5) is 0 Å². The SMILES string of the molecule is Cc1ccc(CC(=O)C2(c3ccc4c(c3)OCO4)CC2)cc1-c1ccc(C(=O)N2CCC(CO)CC2)cc1.[HH]. The third-order valence-electron chi connectivity index (χ3n) is 8.48. The van der Waals surface area contributed by atoms with E-state index in [1.165, 1.54) is 0 Å². The number of carbonyl (C=O) groups is 2. The standard InChI is InChI=1S/C32H33NO5.H2/c1-21-2-3-23(17-30(35)32(12-13-32)26-8-9-28-29(18-26)38-20-37-28)16-27(21)24-4-6-25(7-5-24)31(36)33-14-10-22(19-34)11-15-33;/h2-9,16,18,22,34H,10-15,17,19-20H2,1H3;1H. The van der Waals surface area contributed by atoms with E-state index in [1.54, 1.807) is 0 Å². The minimum absolute atomic E-state index is 0. The maximum Gasteiger partial charge on any atom is 0.253 e. The van der Waals surface area contributed by atoms with Crippen molar-refractivity contribution in [2.45, 2.75) is 44.4 Å². The molecule has 0 aromatic heterocycles.